The Balaban J connectivity index is 1.81. The molecule has 0 aliphatic carbocycles. The molecule has 0 saturated carbocycles. The first kappa shape index (κ1) is 16.9. The number of rotatable bonds is 4. The molecule has 1 aliphatic heterocycles. The van der Waals surface area contributed by atoms with Crippen LogP contribution >= 0.6 is 11.3 Å². The number of sulfone groups is 1. The number of nitrogens with one attached hydrogen (secondary N) is 1. The summed E-state index contributed by atoms with van der Waals surface area (Å²) in [6.07, 6.45) is 0.451. The Morgan fingerprint density at radius 2 is 2.04 bits per heavy atom. The van der Waals surface area contributed by atoms with Gasteiger partial charge in [-0.25, -0.2) is 8.42 Å². The highest BCUT2D eigenvalue weighted by molar-refractivity contribution is 7.91. The Hall–Kier alpha value is -1.99. The van der Waals surface area contributed by atoms with Crippen molar-refractivity contribution in [1.29, 1.82) is 0 Å². The molecular weight excluding hydrogens is 346 g/mol. The highest BCUT2D eigenvalue weighted by atomic mass is 32.2. The molecule has 1 saturated heterocycles. The number of hydrogen-bond acceptors (Lipinski definition) is 5. The van der Waals surface area contributed by atoms with Gasteiger partial charge in [0.1, 0.15) is 0 Å². The lowest BCUT2D eigenvalue weighted by Crippen LogP contribution is -2.35. The lowest BCUT2D eigenvalue weighted by atomic mass is 10.0. The van der Waals surface area contributed by atoms with Gasteiger partial charge in [0.25, 0.3) is 5.91 Å². The van der Waals surface area contributed by atoms with E-state index in [0.29, 0.717) is 16.9 Å². The molecule has 24 heavy (non-hydrogen) atoms. The first-order valence-corrected chi connectivity index (χ1v) is 10.3. The Morgan fingerprint density at radius 3 is 2.71 bits per heavy atom. The molecule has 1 aromatic carbocycles. The van der Waals surface area contributed by atoms with Crippen LogP contribution in [0.5, 0.6) is 0 Å². The third-order valence-corrected chi connectivity index (χ3v) is 6.77. The van der Waals surface area contributed by atoms with Gasteiger partial charge < -0.3 is 5.32 Å². The third kappa shape index (κ3) is 3.57. The number of amides is 1. The van der Waals surface area contributed by atoms with Crippen LogP contribution in [-0.2, 0) is 9.84 Å². The summed E-state index contributed by atoms with van der Waals surface area (Å²) in [6.45, 7) is 1.52. The number of thiophene rings is 1. The molecule has 1 N–H and O–H groups in total. The van der Waals surface area contributed by atoms with Crippen molar-refractivity contribution in [3.63, 3.8) is 0 Å². The predicted molar refractivity (Wildman–Crippen MR) is 94.3 cm³/mol. The van der Waals surface area contributed by atoms with E-state index in [4.69, 9.17) is 0 Å². The molecule has 0 radical (unpaired) electrons. The highest BCUT2D eigenvalue weighted by Gasteiger charge is 2.29. The molecule has 0 spiro atoms. The van der Waals surface area contributed by atoms with E-state index in [2.05, 4.69) is 5.32 Å². The largest absolute Gasteiger partial charge is 0.348 e. The zero-order valence-electron chi connectivity index (χ0n) is 13.1. The van der Waals surface area contributed by atoms with Crippen molar-refractivity contribution in [2.45, 2.75) is 19.4 Å². The van der Waals surface area contributed by atoms with Crippen LogP contribution in [-0.4, -0.2) is 37.7 Å². The maximum absolute atomic E-state index is 12.4. The molecule has 1 aromatic heterocycles. The second kappa shape index (κ2) is 6.49. The van der Waals surface area contributed by atoms with Crippen LogP contribution < -0.4 is 5.32 Å². The van der Waals surface area contributed by atoms with Gasteiger partial charge in [0, 0.05) is 17.2 Å². The molecule has 3 rings (SSSR count). The average molecular weight is 363 g/mol. The van der Waals surface area contributed by atoms with Crippen molar-refractivity contribution in [2.24, 2.45) is 0 Å². The number of carbonyl (C=O) groups is 2. The van der Waals surface area contributed by atoms with Crippen LogP contribution in [0.4, 0.5) is 0 Å². The number of benzene rings is 1. The zero-order valence-corrected chi connectivity index (χ0v) is 14.7. The lowest BCUT2D eigenvalue weighted by Gasteiger charge is -2.11. The van der Waals surface area contributed by atoms with Crippen molar-refractivity contribution in [2.75, 3.05) is 11.5 Å². The quantitative estimate of drug-likeness (QED) is 0.847. The molecule has 7 heteroatoms. The van der Waals surface area contributed by atoms with Crippen molar-refractivity contribution >= 4 is 32.9 Å². The van der Waals surface area contributed by atoms with Crippen molar-refractivity contribution in [3.8, 4) is 11.1 Å². The summed E-state index contributed by atoms with van der Waals surface area (Å²) in [4.78, 5) is 24.7. The van der Waals surface area contributed by atoms with Crippen LogP contribution in [0.2, 0.25) is 0 Å². The summed E-state index contributed by atoms with van der Waals surface area (Å²) >= 11 is 1.38. The number of hydrogen-bond donors (Lipinski definition) is 1. The van der Waals surface area contributed by atoms with Crippen LogP contribution in [0.15, 0.2) is 35.7 Å². The Kier molecular flexibility index (Phi) is 4.56. The molecule has 0 bridgehead atoms. The van der Waals surface area contributed by atoms with Gasteiger partial charge in [-0.15, -0.1) is 11.3 Å². The summed E-state index contributed by atoms with van der Waals surface area (Å²) in [5.74, 6) is -0.184. The second-order valence-corrected chi connectivity index (χ2v) is 9.02. The van der Waals surface area contributed by atoms with Gasteiger partial charge in [0.05, 0.1) is 16.4 Å². The topological polar surface area (TPSA) is 80.3 Å². The van der Waals surface area contributed by atoms with Crippen molar-refractivity contribution in [1.82, 2.24) is 5.32 Å². The molecule has 1 amide bonds. The Labute approximate surface area is 144 Å². The minimum Gasteiger partial charge on any atom is -0.348 e. The van der Waals surface area contributed by atoms with Gasteiger partial charge in [-0.2, -0.15) is 0 Å². The summed E-state index contributed by atoms with van der Waals surface area (Å²) in [7, 11) is -3.03. The fourth-order valence-corrected chi connectivity index (χ4v) is 5.31. The first-order chi connectivity index (χ1) is 11.4. The second-order valence-electron chi connectivity index (χ2n) is 5.87. The fraction of sp³-hybridized carbons (Fsp3) is 0.294. The third-order valence-electron chi connectivity index (χ3n) is 3.99. The van der Waals surface area contributed by atoms with E-state index in [1.807, 2.05) is 17.5 Å². The van der Waals surface area contributed by atoms with Gasteiger partial charge in [0.2, 0.25) is 0 Å². The standard InChI is InChI=1S/C17H17NO4S2/c1-11(19)16-15(5-7-23-16)12-3-2-4-13(9-12)17(20)18-14-6-8-24(21,22)10-14/h2-5,7,9,14H,6,8,10H2,1H3,(H,18,20)/t14-/m0/s1. The van der Waals surface area contributed by atoms with Gasteiger partial charge >= 0.3 is 0 Å². The Bertz CT molecular complexity index is 899. The first-order valence-electron chi connectivity index (χ1n) is 7.56. The lowest BCUT2D eigenvalue weighted by molar-refractivity contribution is 0.0940. The molecule has 0 unspecified atom stereocenters. The smallest absolute Gasteiger partial charge is 0.251 e. The van der Waals surface area contributed by atoms with Crippen LogP contribution in [0.25, 0.3) is 11.1 Å². The van der Waals surface area contributed by atoms with Gasteiger partial charge in [-0.1, -0.05) is 12.1 Å². The highest BCUT2D eigenvalue weighted by Crippen LogP contribution is 2.29. The predicted octanol–water partition coefficient (Wildman–Crippen LogP) is 2.53. The summed E-state index contributed by atoms with van der Waals surface area (Å²) < 4.78 is 23.0. The molecule has 126 valence electrons. The molecular formula is C17H17NO4S2. The maximum Gasteiger partial charge on any atom is 0.251 e. The molecule has 1 atom stereocenters. The molecule has 1 fully saturated rings. The SMILES string of the molecule is CC(=O)c1sccc1-c1cccc(C(=O)N[C@H]2CCS(=O)(=O)C2)c1. The van der Waals surface area contributed by atoms with Crippen LogP contribution in [0.3, 0.4) is 0 Å². The van der Waals surface area contributed by atoms with E-state index in [1.54, 1.807) is 18.2 Å². The molecule has 2 heterocycles. The van der Waals surface area contributed by atoms with E-state index >= 15 is 0 Å². The number of carbonyl (C=O) groups excluding carboxylic acids is 2. The maximum atomic E-state index is 12.4. The van der Waals surface area contributed by atoms with E-state index in [9.17, 15) is 18.0 Å². The van der Waals surface area contributed by atoms with Crippen molar-refractivity contribution in [3.05, 3.63) is 46.2 Å². The summed E-state index contributed by atoms with van der Waals surface area (Å²) in [5.41, 5.74) is 2.07. The monoisotopic (exact) mass is 363 g/mol. The Morgan fingerprint density at radius 1 is 1.25 bits per heavy atom. The minimum atomic E-state index is -3.03. The molecule has 5 nitrogen and oxygen atoms in total. The normalized spacial score (nSPS) is 19.1. The van der Waals surface area contributed by atoms with Crippen molar-refractivity contribution < 1.29 is 18.0 Å². The fourth-order valence-electron chi connectivity index (χ4n) is 2.81. The van der Waals surface area contributed by atoms with E-state index < -0.39 is 9.84 Å². The van der Waals surface area contributed by atoms with Gasteiger partial charge in [0.15, 0.2) is 15.6 Å². The van der Waals surface area contributed by atoms with Gasteiger partial charge in [-0.05, 0) is 42.5 Å². The van der Waals surface area contributed by atoms with E-state index in [-0.39, 0.29) is 29.2 Å². The zero-order chi connectivity index (χ0) is 17.3. The van der Waals surface area contributed by atoms with Crippen LogP contribution in [0, 0.1) is 0 Å². The average Bonchev–Trinajstić information content (AvgIpc) is 3.14. The summed E-state index contributed by atoms with van der Waals surface area (Å²) in [5, 5.41) is 4.63. The van der Waals surface area contributed by atoms with Gasteiger partial charge in [-0.3, -0.25) is 9.59 Å². The minimum absolute atomic E-state index is 0.00253. The van der Waals surface area contributed by atoms with E-state index in [0.717, 1.165) is 11.1 Å². The number of ketones is 1. The van der Waals surface area contributed by atoms with Crippen LogP contribution in [0.1, 0.15) is 33.4 Å². The molecule has 2 aromatic rings. The van der Waals surface area contributed by atoms with E-state index in [1.165, 1.54) is 18.3 Å². The summed E-state index contributed by atoms with van der Waals surface area (Å²) in [6, 6.07) is 8.56. The molecule has 1 aliphatic rings. The number of Topliss-reactive ketones (excluding diaryl/α,β-unsaturated/α-hetero) is 1.